The second-order valence-corrected chi connectivity index (χ2v) is 8.80. The number of halogens is 1. The lowest BCUT2D eigenvalue weighted by molar-refractivity contribution is -0.962. The highest BCUT2D eigenvalue weighted by Crippen LogP contribution is 2.49. The molecule has 8 heteroatoms. The molecule has 0 bridgehead atoms. The second kappa shape index (κ2) is 12.4. The van der Waals surface area contributed by atoms with Crippen molar-refractivity contribution in [2.75, 3.05) is 27.2 Å². The van der Waals surface area contributed by atoms with Crippen molar-refractivity contribution in [3.63, 3.8) is 0 Å². The lowest BCUT2D eigenvalue weighted by Crippen LogP contribution is -3.00. The number of esters is 2. The molecule has 7 nitrogen and oxygen atoms in total. The predicted molar refractivity (Wildman–Crippen MR) is 128 cm³/mol. The van der Waals surface area contributed by atoms with Gasteiger partial charge in [0.15, 0.2) is 16.8 Å². The molecule has 1 rings (SSSR count). The average molecular weight is 540 g/mol. The molecule has 0 aromatic heterocycles. The molecule has 1 aliphatic heterocycles. The number of quaternary nitrogens is 1. The molecule has 0 radical (unpaired) electrons. The Morgan fingerprint density at radius 3 is 2.00 bits per heavy atom. The normalized spacial score (nSPS) is 28.4. The third-order valence-corrected chi connectivity index (χ3v) is 5.91. The van der Waals surface area contributed by atoms with E-state index in [1.165, 1.54) is 12.2 Å². The Kier molecular flexibility index (Phi) is 11.6. The van der Waals surface area contributed by atoms with Gasteiger partial charge in [0.1, 0.15) is 13.2 Å². The summed E-state index contributed by atoms with van der Waals surface area (Å²) in [7, 11) is 3.58. The number of ether oxygens (including phenoxy) is 2. The van der Waals surface area contributed by atoms with Gasteiger partial charge < -0.3 is 31.6 Å². The number of Topliss-reactive ketones (excluding diaryl/α,β-unsaturated/α-hetero) is 1. The number of allylic oxidation sites excluding steroid dienone is 4. The van der Waals surface area contributed by atoms with E-state index in [4.69, 9.17) is 9.47 Å². The van der Waals surface area contributed by atoms with E-state index >= 15 is 0 Å². The van der Waals surface area contributed by atoms with Gasteiger partial charge in [0.2, 0.25) is 0 Å². The topological polar surface area (TPSA) is 89.9 Å². The minimum absolute atomic E-state index is 0. The maximum absolute atomic E-state index is 13.9. The number of carbonyl (C=O) groups is 3. The van der Waals surface area contributed by atoms with Gasteiger partial charge in [0.05, 0.1) is 20.5 Å². The molecule has 0 aromatic rings. The Morgan fingerprint density at radius 1 is 1.06 bits per heavy atom. The van der Waals surface area contributed by atoms with Crippen LogP contribution >= 0.6 is 0 Å². The predicted octanol–water partition coefficient (Wildman–Crippen LogP) is 0.420. The third-order valence-electron chi connectivity index (χ3n) is 5.91. The van der Waals surface area contributed by atoms with E-state index in [9.17, 15) is 19.5 Å². The van der Waals surface area contributed by atoms with Gasteiger partial charge in [-0.15, -0.1) is 0 Å². The summed E-state index contributed by atoms with van der Waals surface area (Å²) in [5.41, 5.74) is -4.83. The Balaban J connectivity index is 0.0000109. The monoisotopic (exact) mass is 539 g/mol. The lowest BCUT2D eigenvalue weighted by Gasteiger charge is -2.52. The average Bonchev–Trinajstić information content (AvgIpc) is 2.78. The summed E-state index contributed by atoms with van der Waals surface area (Å²) >= 11 is 0. The zero-order valence-corrected chi connectivity index (χ0v) is 22.8. The fraction of sp³-hybridized carbons (Fsp3) is 0.500. The smallest absolute Gasteiger partial charge is 0.347 e. The van der Waals surface area contributed by atoms with Crippen molar-refractivity contribution in [1.29, 1.82) is 0 Å². The SMILES string of the molecule is C=C(C)C(=O)OCC[N+](C)(C)C1(C=CC)OC(=O)C(O)(C=CC)CC(=O)C1(C=CC)C=CC.[Br-]. The van der Waals surface area contributed by atoms with Crippen LogP contribution in [-0.4, -0.2) is 65.9 Å². The summed E-state index contributed by atoms with van der Waals surface area (Å²) in [4.78, 5) is 39.1. The molecule has 0 amide bonds. The van der Waals surface area contributed by atoms with Gasteiger partial charge in [0.25, 0.3) is 5.72 Å². The molecule has 0 spiro atoms. The van der Waals surface area contributed by atoms with E-state index in [0.29, 0.717) is 0 Å². The van der Waals surface area contributed by atoms with Gasteiger partial charge >= 0.3 is 11.9 Å². The van der Waals surface area contributed by atoms with Gasteiger partial charge in [0, 0.05) is 11.6 Å². The first-order chi connectivity index (χ1) is 15.3. The van der Waals surface area contributed by atoms with Crippen LogP contribution in [0.5, 0.6) is 0 Å². The van der Waals surface area contributed by atoms with Crippen molar-refractivity contribution in [2.45, 2.75) is 52.4 Å². The van der Waals surface area contributed by atoms with E-state index in [0.717, 1.165) is 0 Å². The van der Waals surface area contributed by atoms with Gasteiger partial charge in [-0.3, -0.25) is 9.28 Å². The number of aliphatic hydroxyl groups is 1. The van der Waals surface area contributed by atoms with Crippen LogP contribution in [-0.2, 0) is 23.9 Å². The zero-order valence-electron chi connectivity index (χ0n) is 21.3. The number of cyclic esters (lactones) is 1. The standard InChI is InChI=1S/C26H38NO6.BrH/c1-9-13-24(14-10-2)21(28)19-25(31,15-11-3)23(30)33-26(24,16-12-4)27(7,8)17-18-32-22(29)20(5)6;/h9-16,31H,5,17-19H2,1-4,6-8H3;1H/q+1;/p-1. The van der Waals surface area contributed by atoms with Crippen molar-refractivity contribution in [1.82, 2.24) is 0 Å². The molecule has 1 N–H and O–H groups in total. The molecule has 0 saturated carbocycles. The fourth-order valence-electron chi connectivity index (χ4n) is 4.27. The van der Waals surface area contributed by atoms with E-state index in [1.807, 2.05) is 0 Å². The highest BCUT2D eigenvalue weighted by atomic mass is 79.9. The molecule has 2 unspecified atom stereocenters. The first kappa shape index (κ1) is 31.7. The molecule has 1 heterocycles. The first-order valence-electron chi connectivity index (χ1n) is 11.0. The number of hydrogen-bond acceptors (Lipinski definition) is 6. The fourth-order valence-corrected chi connectivity index (χ4v) is 4.27. The second-order valence-electron chi connectivity index (χ2n) is 8.80. The Morgan fingerprint density at radius 2 is 1.56 bits per heavy atom. The van der Waals surface area contributed by atoms with Gasteiger partial charge in [-0.25, -0.2) is 9.59 Å². The minimum Gasteiger partial charge on any atom is -1.00 e. The van der Waals surface area contributed by atoms with Crippen LogP contribution in [0.15, 0.2) is 60.8 Å². The molecule has 34 heavy (non-hydrogen) atoms. The molecule has 190 valence electrons. The molecule has 1 fully saturated rings. The molecule has 1 saturated heterocycles. The largest absolute Gasteiger partial charge is 1.00 e. The van der Waals surface area contributed by atoms with E-state index in [-0.39, 0.29) is 46.0 Å². The van der Waals surface area contributed by atoms with Crippen LogP contribution in [0.1, 0.15) is 41.0 Å². The lowest BCUT2D eigenvalue weighted by atomic mass is 9.69. The Labute approximate surface area is 213 Å². The minimum atomic E-state index is -2.10. The van der Waals surface area contributed by atoms with E-state index < -0.39 is 35.1 Å². The number of likely N-dealkylation sites (N-methyl/N-ethyl adjacent to an activating group) is 1. The Hall–Kier alpha value is -2.29. The molecule has 0 aliphatic carbocycles. The molecular weight excluding hydrogens is 502 g/mol. The maximum Gasteiger partial charge on any atom is 0.347 e. The van der Waals surface area contributed by atoms with Crippen molar-refractivity contribution in [3.8, 4) is 0 Å². The Bertz CT molecular complexity index is 889. The van der Waals surface area contributed by atoms with Gasteiger partial charge in [-0.1, -0.05) is 43.0 Å². The number of rotatable bonds is 9. The maximum atomic E-state index is 13.9. The van der Waals surface area contributed by atoms with Crippen LogP contribution in [0.2, 0.25) is 0 Å². The van der Waals surface area contributed by atoms with Crippen LogP contribution in [0, 0.1) is 5.41 Å². The zero-order chi connectivity index (χ0) is 25.5. The number of carbonyl (C=O) groups excluding carboxylic acids is 3. The number of nitrogens with zero attached hydrogens (tertiary/aromatic N) is 1. The van der Waals surface area contributed by atoms with Crippen molar-refractivity contribution in [3.05, 3.63) is 60.8 Å². The quantitative estimate of drug-likeness (QED) is 0.198. The van der Waals surface area contributed by atoms with Crippen LogP contribution in [0.3, 0.4) is 0 Å². The molecule has 1 aliphatic rings. The molecule has 0 aromatic carbocycles. The summed E-state index contributed by atoms with van der Waals surface area (Å²) in [6.45, 7) is 12.3. The summed E-state index contributed by atoms with van der Waals surface area (Å²) in [6.07, 6.45) is 12.6. The summed E-state index contributed by atoms with van der Waals surface area (Å²) in [6, 6.07) is 0. The third kappa shape index (κ3) is 5.85. The van der Waals surface area contributed by atoms with Gasteiger partial charge in [-0.05, 0) is 40.7 Å². The summed E-state index contributed by atoms with van der Waals surface area (Å²) in [5.74, 6) is -1.83. The van der Waals surface area contributed by atoms with E-state index in [1.54, 1.807) is 85.2 Å². The number of hydrogen-bond donors (Lipinski definition) is 1. The molecular formula is C26H38BrNO6. The van der Waals surface area contributed by atoms with Gasteiger partial charge in [-0.2, -0.15) is 0 Å². The van der Waals surface area contributed by atoms with Crippen LogP contribution in [0.25, 0.3) is 0 Å². The van der Waals surface area contributed by atoms with E-state index in [2.05, 4.69) is 6.58 Å². The van der Waals surface area contributed by atoms with Crippen molar-refractivity contribution in [2.24, 2.45) is 5.41 Å². The molecule has 2 atom stereocenters. The van der Waals surface area contributed by atoms with Crippen molar-refractivity contribution < 1.29 is 50.4 Å². The summed E-state index contributed by atoms with van der Waals surface area (Å²) < 4.78 is 11.4. The van der Waals surface area contributed by atoms with Crippen LogP contribution < -0.4 is 17.0 Å². The number of ketones is 1. The summed E-state index contributed by atoms with van der Waals surface area (Å²) in [5, 5.41) is 11.1. The van der Waals surface area contributed by atoms with Crippen LogP contribution in [0.4, 0.5) is 0 Å². The van der Waals surface area contributed by atoms with Crippen molar-refractivity contribution >= 4 is 17.7 Å². The highest BCUT2D eigenvalue weighted by Gasteiger charge is 2.68. The highest BCUT2D eigenvalue weighted by molar-refractivity contribution is 5.99. The first-order valence-corrected chi connectivity index (χ1v) is 11.0.